The van der Waals surface area contributed by atoms with Crippen molar-refractivity contribution in [3.8, 4) is 22.9 Å². The van der Waals surface area contributed by atoms with E-state index in [-0.39, 0.29) is 31.4 Å². The number of amides is 3. The van der Waals surface area contributed by atoms with Crippen LogP contribution in [-0.4, -0.2) is 45.2 Å². The van der Waals surface area contributed by atoms with Crippen molar-refractivity contribution in [1.82, 2.24) is 30.8 Å². The molecule has 0 unspecified atom stereocenters. The summed E-state index contributed by atoms with van der Waals surface area (Å²) in [6, 6.07) is 18.4. The molecular formula is C24H20Cl3N7O3. The van der Waals surface area contributed by atoms with E-state index in [1.165, 1.54) is 0 Å². The van der Waals surface area contributed by atoms with Crippen molar-refractivity contribution in [2.75, 3.05) is 18.4 Å². The first-order valence-electron chi connectivity index (χ1n) is 10.9. The standard InChI is InChI=1S/C24H20Cl3N7O3/c25-15-4-3-5-17(12-15)30-24(36)29-11-10-28-22(35)14-34-32-23(31-33-34)18-6-1-2-7-20(18)37-21-9-8-16(26)13-19(21)27/h1-9,12-13H,10-11,14H2,(H,28,35)(H2,29,30,36). The summed E-state index contributed by atoms with van der Waals surface area (Å²) in [6.45, 7) is 0.266. The van der Waals surface area contributed by atoms with Gasteiger partial charge in [-0.2, -0.15) is 4.80 Å². The second kappa shape index (κ2) is 12.4. The van der Waals surface area contributed by atoms with Gasteiger partial charge in [-0.3, -0.25) is 4.79 Å². The third kappa shape index (κ3) is 7.56. The van der Waals surface area contributed by atoms with Crippen LogP contribution in [0.5, 0.6) is 11.5 Å². The molecule has 37 heavy (non-hydrogen) atoms. The maximum Gasteiger partial charge on any atom is 0.319 e. The van der Waals surface area contributed by atoms with E-state index < -0.39 is 6.03 Å². The lowest BCUT2D eigenvalue weighted by atomic mass is 10.2. The molecule has 4 rings (SSSR count). The fraction of sp³-hybridized carbons (Fsp3) is 0.125. The van der Waals surface area contributed by atoms with Crippen LogP contribution in [0.3, 0.4) is 0 Å². The van der Waals surface area contributed by atoms with Gasteiger partial charge in [-0.25, -0.2) is 4.79 Å². The van der Waals surface area contributed by atoms with Crippen LogP contribution in [0.2, 0.25) is 15.1 Å². The molecule has 3 N–H and O–H groups in total. The molecule has 0 saturated carbocycles. The number of hydrogen-bond donors (Lipinski definition) is 3. The first-order chi connectivity index (χ1) is 17.9. The monoisotopic (exact) mass is 559 g/mol. The molecule has 0 aliphatic carbocycles. The molecule has 0 radical (unpaired) electrons. The zero-order valence-corrected chi connectivity index (χ0v) is 21.4. The lowest BCUT2D eigenvalue weighted by Gasteiger charge is -2.10. The zero-order valence-electron chi connectivity index (χ0n) is 19.1. The highest BCUT2D eigenvalue weighted by Gasteiger charge is 2.15. The highest BCUT2D eigenvalue weighted by Crippen LogP contribution is 2.35. The third-order valence-electron chi connectivity index (χ3n) is 4.79. The largest absolute Gasteiger partial charge is 0.455 e. The molecule has 0 saturated heterocycles. The van der Waals surface area contributed by atoms with Crippen LogP contribution in [0.4, 0.5) is 10.5 Å². The molecule has 0 spiro atoms. The molecule has 0 atom stereocenters. The van der Waals surface area contributed by atoms with Crippen LogP contribution in [-0.2, 0) is 11.3 Å². The SMILES string of the molecule is O=C(Cn1nnc(-c2ccccc2Oc2ccc(Cl)cc2Cl)n1)NCCNC(=O)Nc1cccc(Cl)c1. The number of nitrogens with one attached hydrogen (secondary N) is 3. The van der Waals surface area contributed by atoms with Gasteiger partial charge in [0.25, 0.3) is 0 Å². The number of ether oxygens (including phenoxy) is 1. The number of carbonyl (C=O) groups is 2. The minimum Gasteiger partial charge on any atom is -0.455 e. The smallest absolute Gasteiger partial charge is 0.319 e. The van der Waals surface area contributed by atoms with Gasteiger partial charge in [-0.05, 0) is 53.7 Å². The Kier molecular flexibility index (Phi) is 8.78. The number of nitrogens with zero attached hydrogens (tertiary/aromatic N) is 4. The number of tetrazole rings is 1. The van der Waals surface area contributed by atoms with E-state index in [4.69, 9.17) is 39.5 Å². The Morgan fingerprint density at radius 1 is 0.865 bits per heavy atom. The molecule has 3 amide bonds. The Balaban J connectivity index is 1.28. The number of hydrogen-bond acceptors (Lipinski definition) is 6. The van der Waals surface area contributed by atoms with Crippen molar-refractivity contribution in [1.29, 1.82) is 0 Å². The number of anilines is 1. The van der Waals surface area contributed by atoms with E-state index in [0.29, 0.717) is 37.8 Å². The lowest BCUT2D eigenvalue weighted by molar-refractivity contribution is -0.122. The van der Waals surface area contributed by atoms with Crippen LogP contribution in [0.15, 0.2) is 66.7 Å². The van der Waals surface area contributed by atoms with Crippen molar-refractivity contribution >= 4 is 52.4 Å². The number of para-hydroxylation sites is 1. The van der Waals surface area contributed by atoms with Crippen molar-refractivity contribution in [2.24, 2.45) is 0 Å². The number of aromatic nitrogens is 4. The van der Waals surface area contributed by atoms with Crippen molar-refractivity contribution < 1.29 is 14.3 Å². The first-order valence-corrected chi connectivity index (χ1v) is 12.1. The minimum absolute atomic E-state index is 0.159. The van der Waals surface area contributed by atoms with Crippen molar-refractivity contribution in [3.05, 3.63) is 81.8 Å². The quantitative estimate of drug-likeness (QED) is 0.247. The molecular weight excluding hydrogens is 541 g/mol. The van der Waals surface area contributed by atoms with Gasteiger partial charge in [0.05, 0.1) is 10.6 Å². The molecule has 0 bridgehead atoms. The van der Waals surface area contributed by atoms with Crippen LogP contribution in [0, 0.1) is 0 Å². The summed E-state index contributed by atoms with van der Waals surface area (Å²) in [6.07, 6.45) is 0. The van der Waals surface area contributed by atoms with Gasteiger partial charge < -0.3 is 20.7 Å². The molecule has 0 aliphatic heterocycles. The van der Waals surface area contributed by atoms with Gasteiger partial charge in [-0.15, -0.1) is 10.2 Å². The molecule has 190 valence electrons. The Morgan fingerprint density at radius 2 is 1.65 bits per heavy atom. The fourth-order valence-electron chi connectivity index (χ4n) is 3.14. The molecule has 1 aromatic heterocycles. The minimum atomic E-state index is -0.417. The molecule has 10 nitrogen and oxygen atoms in total. The maximum atomic E-state index is 12.3. The van der Waals surface area contributed by atoms with Crippen molar-refractivity contribution in [3.63, 3.8) is 0 Å². The molecule has 0 aliphatic rings. The Hall–Kier alpha value is -3.86. The van der Waals surface area contributed by atoms with Crippen molar-refractivity contribution in [2.45, 2.75) is 6.54 Å². The molecule has 0 fully saturated rings. The summed E-state index contributed by atoms with van der Waals surface area (Å²) in [5, 5.41) is 21.6. The maximum absolute atomic E-state index is 12.3. The average molecular weight is 561 g/mol. The summed E-state index contributed by atoms with van der Waals surface area (Å²) in [4.78, 5) is 25.4. The highest BCUT2D eigenvalue weighted by molar-refractivity contribution is 6.35. The second-order valence-corrected chi connectivity index (χ2v) is 8.84. The van der Waals surface area contributed by atoms with Crippen LogP contribution >= 0.6 is 34.8 Å². The number of halogens is 3. The zero-order chi connectivity index (χ0) is 26.2. The molecule has 13 heteroatoms. The van der Waals surface area contributed by atoms with Gasteiger partial charge in [0.15, 0.2) is 0 Å². The molecule has 1 heterocycles. The van der Waals surface area contributed by atoms with E-state index in [9.17, 15) is 9.59 Å². The van der Waals surface area contributed by atoms with E-state index in [1.807, 2.05) is 0 Å². The lowest BCUT2D eigenvalue weighted by Crippen LogP contribution is -2.38. The van der Waals surface area contributed by atoms with Crippen LogP contribution in [0.25, 0.3) is 11.4 Å². The van der Waals surface area contributed by atoms with Crippen LogP contribution < -0.4 is 20.7 Å². The Labute approximate surface area is 226 Å². The van der Waals surface area contributed by atoms with E-state index in [1.54, 1.807) is 66.7 Å². The third-order valence-corrected chi connectivity index (χ3v) is 5.56. The summed E-state index contributed by atoms with van der Waals surface area (Å²) in [7, 11) is 0. The van der Waals surface area contributed by atoms with Gasteiger partial charge >= 0.3 is 6.03 Å². The predicted octanol–water partition coefficient (Wildman–Crippen LogP) is 5.03. The van der Waals surface area contributed by atoms with E-state index in [2.05, 4.69) is 31.4 Å². The Bertz CT molecular complexity index is 1410. The molecule has 3 aromatic carbocycles. The summed E-state index contributed by atoms with van der Waals surface area (Å²) < 4.78 is 5.94. The van der Waals surface area contributed by atoms with Gasteiger partial charge in [0, 0.05) is 28.8 Å². The topological polar surface area (TPSA) is 123 Å². The van der Waals surface area contributed by atoms with Gasteiger partial charge in [-0.1, -0.05) is 53.0 Å². The number of rotatable bonds is 9. The number of benzene rings is 3. The normalized spacial score (nSPS) is 10.6. The van der Waals surface area contributed by atoms with E-state index in [0.717, 1.165) is 4.80 Å². The first kappa shape index (κ1) is 26.2. The van der Waals surface area contributed by atoms with Crippen LogP contribution in [0.1, 0.15) is 0 Å². The molecule has 4 aromatic rings. The van der Waals surface area contributed by atoms with Gasteiger partial charge in [0.1, 0.15) is 18.0 Å². The number of urea groups is 1. The fourth-order valence-corrected chi connectivity index (χ4v) is 3.78. The van der Waals surface area contributed by atoms with Gasteiger partial charge in [0.2, 0.25) is 11.7 Å². The summed E-state index contributed by atoms with van der Waals surface area (Å²) in [5.74, 6) is 0.796. The summed E-state index contributed by atoms with van der Waals surface area (Å²) >= 11 is 18.1. The van der Waals surface area contributed by atoms with E-state index >= 15 is 0 Å². The number of carbonyl (C=O) groups excluding carboxylic acids is 2. The Morgan fingerprint density at radius 3 is 2.46 bits per heavy atom. The second-order valence-electron chi connectivity index (χ2n) is 7.56. The highest BCUT2D eigenvalue weighted by atomic mass is 35.5. The predicted molar refractivity (Wildman–Crippen MR) is 141 cm³/mol. The average Bonchev–Trinajstić information content (AvgIpc) is 3.32. The summed E-state index contributed by atoms with van der Waals surface area (Å²) in [5.41, 5.74) is 1.13.